The fraction of sp³-hybridized carbons (Fsp3) is 0.235. The second kappa shape index (κ2) is 6.07. The lowest BCUT2D eigenvalue weighted by atomic mass is 9.69. The van der Waals surface area contributed by atoms with E-state index >= 15 is 0 Å². The lowest BCUT2D eigenvalue weighted by molar-refractivity contribution is -0.153. The number of thiophene rings is 1. The predicted molar refractivity (Wildman–Crippen MR) is 87.3 cm³/mol. The molecule has 0 unspecified atom stereocenters. The molecule has 24 heavy (non-hydrogen) atoms. The van der Waals surface area contributed by atoms with Crippen molar-refractivity contribution in [2.24, 2.45) is 17.6 Å². The molecule has 1 fully saturated rings. The molecule has 2 amide bonds. The van der Waals surface area contributed by atoms with Gasteiger partial charge in [0.1, 0.15) is 11.8 Å². The summed E-state index contributed by atoms with van der Waals surface area (Å²) in [4.78, 5) is 25.0. The standard InChI is InChI=1S/C17H15N3O3S/c18-9-11-13(12-7-4-8-24-12)14(15(19)21)16(22)20-17(11,23)10-5-2-1-3-6-10/h1-8,11,13-14,23H,(H2,19,21)(H,20,22)/t11-,13+,14+,17-/m0/s1. The zero-order chi connectivity index (χ0) is 17.3. The molecule has 1 saturated heterocycles. The number of hydrogen-bond donors (Lipinski definition) is 3. The monoisotopic (exact) mass is 341 g/mol. The van der Waals surface area contributed by atoms with Crippen molar-refractivity contribution >= 4 is 23.2 Å². The van der Waals surface area contributed by atoms with E-state index in [-0.39, 0.29) is 0 Å². The molecule has 6 nitrogen and oxygen atoms in total. The van der Waals surface area contributed by atoms with Gasteiger partial charge in [0, 0.05) is 16.4 Å². The number of hydrogen-bond acceptors (Lipinski definition) is 5. The van der Waals surface area contributed by atoms with Crippen molar-refractivity contribution < 1.29 is 14.7 Å². The minimum atomic E-state index is -1.90. The van der Waals surface area contributed by atoms with Gasteiger partial charge in [-0.25, -0.2) is 0 Å². The van der Waals surface area contributed by atoms with E-state index in [1.807, 2.05) is 0 Å². The summed E-state index contributed by atoms with van der Waals surface area (Å²) in [6.45, 7) is 0. The molecule has 0 bridgehead atoms. The van der Waals surface area contributed by atoms with E-state index in [9.17, 15) is 20.0 Å². The third kappa shape index (κ3) is 2.46. The van der Waals surface area contributed by atoms with E-state index < -0.39 is 35.3 Å². The Hall–Kier alpha value is -2.69. The summed E-state index contributed by atoms with van der Waals surface area (Å²) < 4.78 is 0. The number of carbonyl (C=O) groups excluding carboxylic acids is 2. The highest BCUT2D eigenvalue weighted by atomic mass is 32.1. The zero-order valence-corrected chi connectivity index (χ0v) is 13.4. The van der Waals surface area contributed by atoms with Crippen LogP contribution in [0.4, 0.5) is 0 Å². The van der Waals surface area contributed by atoms with Crippen LogP contribution in [-0.4, -0.2) is 16.9 Å². The van der Waals surface area contributed by atoms with Gasteiger partial charge in [0.15, 0.2) is 5.72 Å². The quantitative estimate of drug-likeness (QED) is 0.723. The molecule has 0 radical (unpaired) electrons. The van der Waals surface area contributed by atoms with E-state index in [2.05, 4.69) is 11.4 Å². The average molecular weight is 341 g/mol. The van der Waals surface area contributed by atoms with E-state index in [0.717, 1.165) is 0 Å². The van der Waals surface area contributed by atoms with Crippen molar-refractivity contribution in [1.82, 2.24) is 5.32 Å². The van der Waals surface area contributed by atoms with Gasteiger partial charge in [-0.05, 0) is 11.4 Å². The second-order valence-corrected chi connectivity index (χ2v) is 6.63. The maximum atomic E-state index is 12.5. The number of amides is 2. The van der Waals surface area contributed by atoms with Crippen LogP contribution in [0.5, 0.6) is 0 Å². The number of benzene rings is 1. The Bertz CT molecular complexity index is 800. The van der Waals surface area contributed by atoms with Crippen LogP contribution in [0.25, 0.3) is 0 Å². The zero-order valence-electron chi connectivity index (χ0n) is 12.5. The molecule has 4 atom stereocenters. The summed E-state index contributed by atoms with van der Waals surface area (Å²) in [5.41, 5.74) is 3.90. The third-order valence-corrected chi connectivity index (χ3v) is 5.27. The fourth-order valence-corrected chi connectivity index (χ4v) is 4.09. The Labute approximate surface area is 142 Å². The van der Waals surface area contributed by atoms with Gasteiger partial charge in [-0.3, -0.25) is 9.59 Å². The van der Waals surface area contributed by atoms with Crippen molar-refractivity contribution in [3.05, 3.63) is 58.3 Å². The summed E-state index contributed by atoms with van der Waals surface area (Å²) in [5, 5.41) is 25.1. The van der Waals surface area contributed by atoms with Crippen LogP contribution in [-0.2, 0) is 15.3 Å². The molecule has 0 aliphatic carbocycles. The molecule has 2 aromatic rings. The molecule has 0 saturated carbocycles. The van der Waals surface area contributed by atoms with Gasteiger partial charge in [0.05, 0.1) is 6.07 Å². The van der Waals surface area contributed by atoms with Crippen LogP contribution in [0.3, 0.4) is 0 Å². The molecule has 3 rings (SSSR count). The van der Waals surface area contributed by atoms with Crippen LogP contribution >= 0.6 is 11.3 Å². The van der Waals surface area contributed by atoms with Gasteiger partial charge >= 0.3 is 0 Å². The van der Waals surface area contributed by atoms with Crippen LogP contribution < -0.4 is 11.1 Å². The topological polar surface area (TPSA) is 116 Å². The summed E-state index contributed by atoms with van der Waals surface area (Å²) in [6, 6.07) is 14.0. The highest BCUT2D eigenvalue weighted by Crippen LogP contribution is 2.46. The van der Waals surface area contributed by atoms with E-state index in [4.69, 9.17) is 5.73 Å². The van der Waals surface area contributed by atoms with Gasteiger partial charge in [0.2, 0.25) is 11.8 Å². The van der Waals surface area contributed by atoms with Crippen molar-refractivity contribution in [3.8, 4) is 6.07 Å². The number of primary amides is 1. The molecule has 4 N–H and O–H groups in total. The molecular formula is C17H15N3O3S. The van der Waals surface area contributed by atoms with E-state index in [1.54, 1.807) is 47.8 Å². The van der Waals surface area contributed by atoms with Gasteiger partial charge in [-0.2, -0.15) is 5.26 Å². The van der Waals surface area contributed by atoms with Crippen LogP contribution in [0.2, 0.25) is 0 Å². The lowest BCUT2D eigenvalue weighted by Gasteiger charge is -2.44. The molecule has 122 valence electrons. The van der Waals surface area contributed by atoms with E-state index in [0.29, 0.717) is 10.4 Å². The molecule has 0 spiro atoms. The predicted octanol–water partition coefficient (Wildman–Crippen LogP) is 1.05. The van der Waals surface area contributed by atoms with Crippen molar-refractivity contribution in [2.75, 3.05) is 0 Å². The first-order chi connectivity index (χ1) is 11.5. The summed E-state index contributed by atoms with van der Waals surface area (Å²) in [5.74, 6) is -4.59. The number of nitriles is 1. The average Bonchev–Trinajstić information content (AvgIpc) is 3.08. The van der Waals surface area contributed by atoms with E-state index in [1.165, 1.54) is 11.3 Å². The van der Waals surface area contributed by atoms with Crippen molar-refractivity contribution in [2.45, 2.75) is 11.6 Å². The Morgan fingerprint density at radius 3 is 2.54 bits per heavy atom. The highest BCUT2D eigenvalue weighted by molar-refractivity contribution is 7.10. The van der Waals surface area contributed by atoms with Gasteiger partial charge < -0.3 is 16.2 Å². The molecule has 7 heteroatoms. The minimum Gasteiger partial charge on any atom is -0.369 e. The molecule has 1 aromatic heterocycles. The van der Waals surface area contributed by atoms with Crippen LogP contribution in [0.15, 0.2) is 47.8 Å². The number of nitrogens with one attached hydrogen (secondary N) is 1. The molecule has 1 aliphatic heterocycles. The number of piperidine rings is 1. The smallest absolute Gasteiger partial charge is 0.235 e. The van der Waals surface area contributed by atoms with Crippen molar-refractivity contribution in [1.29, 1.82) is 5.26 Å². The number of nitrogens with zero attached hydrogens (tertiary/aromatic N) is 1. The second-order valence-electron chi connectivity index (χ2n) is 5.65. The first-order valence-electron chi connectivity index (χ1n) is 7.31. The fourth-order valence-electron chi connectivity index (χ4n) is 3.19. The maximum Gasteiger partial charge on any atom is 0.235 e. The Balaban J connectivity index is 2.17. The van der Waals surface area contributed by atoms with Gasteiger partial charge in [-0.1, -0.05) is 36.4 Å². The minimum absolute atomic E-state index is 0.384. The number of rotatable bonds is 3. The SMILES string of the molecule is N#C[C@H]1[C@H](c2cccs2)[C@H](C(N)=O)C(=O)N[C@]1(O)c1ccccc1. The Kier molecular flexibility index (Phi) is 4.09. The summed E-state index contributed by atoms with van der Waals surface area (Å²) in [6.07, 6.45) is 0. The first kappa shape index (κ1) is 16.2. The molecule has 1 aliphatic rings. The molecule has 1 aromatic carbocycles. The van der Waals surface area contributed by atoms with Crippen LogP contribution in [0.1, 0.15) is 16.4 Å². The Morgan fingerprint density at radius 2 is 2.00 bits per heavy atom. The highest BCUT2D eigenvalue weighted by Gasteiger charge is 2.56. The maximum absolute atomic E-state index is 12.5. The van der Waals surface area contributed by atoms with Crippen LogP contribution in [0, 0.1) is 23.2 Å². The number of nitrogens with two attached hydrogens (primary N) is 1. The summed E-state index contributed by atoms with van der Waals surface area (Å²) in [7, 11) is 0. The number of carbonyl (C=O) groups is 2. The first-order valence-corrected chi connectivity index (χ1v) is 8.19. The lowest BCUT2D eigenvalue weighted by Crippen LogP contribution is -2.62. The molecule has 2 heterocycles. The summed E-state index contributed by atoms with van der Waals surface area (Å²) >= 11 is 1.32. The van der Waals surface area contributed by atoms with Gasteiger partial charge in [0.25, 0.3) is 0 Å². The van der Waals surface area contributed by atoms with Crippen molar-refractivity contribution in [3.63, 3.8) is 0 Å². The number of aliphatic hydroxyl groups is 1. The Morgan fingerprint density at radius 1 is 1.29 bits per heavy atom. The molecular weight excluding hydrogens is 326 g/mol. The largest absolute Gasteiger partial charge is 0.369 e. The normalized spacial score (nSPS) is 29.5. The third-order valence-electron chi connectivity index (χ3n) is 4.30. The van der Waals surface area contributed by atoms with Gasteiger partial charge in [-0.15, -0.1) is 11.3 Å².